The Balaban J connectivity index is 2.35. The Labute approximate surface area is 101 Å². The molecular weight excluding hydrogens is 208 g/mol. The van der Waals surface area contributed by atoms with E-state index in [2.05, 4.69) is 62.4 Å². The van der Waals surface area contributed by atoms with Crippen molar-refractivity contribution in [1.82, 2.24) is 0 Å². The number of hydrogen-bond donors (Lipinski definition) is 0. The molecule has 0 saturated carbocycles. The number of rotatable bonds is 2. The lowest BCUT2D eigenvalue weighted by atomic mass is 9.92. The molecule has 2 aromatic carbocycles. The minimum absolute atomic E-state index is 0.509. The van der Waals surface area contributed by atoms with Gasteiger partial charge in [-0.2, -0.15) is 0 Å². The Morgan fingerprint density at radius 3 is 2.19 bits per heavy atom. The highest BCUT2D eigenvalue weighted by Crippen LogP contribution is 2.22. The van der Waals surface area contributed by atoms with E-state index in [9.17, 15) is 0 Å². The Kier molecular flexibility index (Phi) is 3.25. The van der Waals surface area contributed by atoms with Crippen LogP contribution in [0.3, 0.4) is 0 Å². The second-order valence-electron chi connectivity index (χ2n) is 4.49. The summed E-state index contributed by atoms with van der Waals surface area (Å²) >= 11 is 0. The molecular formula is C15H18Si. The Bertz CT molecular complexity index is 471. The Morgan fingerprint density at radius 1 is 0.938 bits per heavy atom. The average molecular weight is 226 g/mol. The van der Waals surface area contributed by atoms with Crippen molar-refractivity contribution in [3.8, 4) is 0 Å². The lowest BCUT2D eigenvalue weighted by Gasteiger charge is -2.15. The van der Waals surface area contributed by atoms with Gasteiger partial charge < -0.3 is 0 Å². The zero-order valence-corrected chi connectivity index (χ0v) is 12.2. The molecule has 0 aliphatic rings. The fourth-order valence-electron chi connectivity index (χ4n) is 2.11. The van der Waals surface area contributed by atoms with Crippen molar-refractivity contribution in [2.75, 3.05) is 0 Å². The summed E-state index contributed by atoms with van der Waals surface area (Å²) in [6, 6.07) is 17.7. The van der Waals surface area contributed by atoms with Crippen LogP contribution in [0.1, 0.15) is 29.5 Å². The van der Waals surface area contributed by atoms with Gasteiger partial charge >= 0.3 is 0 Å². The molecule has 0 aromatic heterocycles. The first-order chi connectivity index (χ1) is 7.68. The first-order valence-corrected chi connectivity index (χ1v) is 6.80. The molecule has 0 spiro atoms. The summed E-state index contributed by atoms with van der Waals surface area (Å²) in [5.74, 6) is 0.509. The summed E-state index contributed by atoms with van der Waals surface area (Å²) in [6.45, 7) is 4.43. The summed E-state index contributed by atoms with van der Waals surface area (Å²) < 4.78 is 0. The monoisotopic (exact) mass is 226 g/mol. The van der Waals surface area contributed by atoms with E-state index in [1.807, 2.05) is 0 Å². The molecule has 0 radical (unpaired) electrons. The zero-order valence-electron chi connectivity index (χ0n) is 10.2. The maximum absolute atomic E-state index is 2.29. The van der Waals surface area contributed by atoms with Crippen LogP contribution in [0.5, 0.6) is 0 Å². The van der Waals surface area contributed by atoms with Crippen molar-refractivity contribution in [1.29, 1.82) is 0 Å². The van der Waals surface area contributed by atoms with Gasteiger partial charge in [0.05, 0.1) is 0 Å². The van der Waals surface area contributed by atoms with Crippen molar-refractivity contribution in [3.05, 3.63) is 65.2 Å². The van der Waals surface area contributed by atoms with Gasteiger partial charge in [0.1, 0.15) is 0 Å². The first-order valence-electron chi connectivity index (χ1n) is 5.80. The molecule has 0 saturated heterocycles. The third-order valence-electron chi connectivity index (χ3n) is 3.23. The van der Waals surface area contributed by atoms with Gasteiger partial charge in [-0.1, -0.05) is 66.2 Å². The zero-order chi connectivity index (χ0) is 11.5. The highest BCUT2D eigenvalue weighted by atomic mass is 28.1. The molecule has 1 atom stereocenters. The molecule has 0 heterocycles. The largest absolute Gasteiger partial charge is 0.0670 e. The van der Waals surface area contributed by atoms with Crippen molar-refractivity contribution < 1.29 is 0 Å². The van der Waals surface area contributed by atoms with E-state index >= 15 is 0 Å². The van der Waals surface area contributed by atoms with E-state index in [0.29, 0.717) is 5.92 Å². The van der Waals surface area contributed by atoms with Crippen LogP contribution in [0, 0.1) is 6.92 Å². The summed E-state index contributed by atoms with van der Waals surface area (Å²) in [5.41, 5.74) is 4.22. The summed E-state index contributed by atoms with van der Waals surface area (Å²) in [7, 11) is 1.12. The molecule has 0 N–H and O–H groups in total. The molecule has 0 aliphatic heterocycles. The third kappa shape index (κ3) is 2.25. The van der Waals surface area contributed by atoms with Gasteiger partial charge in [-0.15, -0.1) is 0 Å². The SMILES string of the molecule is Cc1ccc(C(C)c2ccccc2[SiH3])cc1. The molecule has 0 bridgehead atoms. The van der Waals surface area contributed by atoms with Gasteiger partial charge in [-0.05, 0) is 18.1 Å². The second-order valence-corrected chi connectivity index (χ2v) is 5.57. The van der Waals surface area contributed by atoms with E-state index in [-0.39, 0.29) is 0 Å². The molecule has 2 aromatic rings. The lowest BCUT2D eigenvalue weighted by molar-refractivity contribution is 0.929. The van der Waals surface area contributed by atoms with Crippen molar-refractivity contribution >= 4 is 15.4 Å². The summed E-state index contributed by atoms with van der Waals surface area (Å²) in [5, 5.41) is 1.51. The fraction of sp³-hybridized carbons (Fsp3) is 0.200. The van der Waals surface area contributed by atoms with E-state index in [1.165, 1.54) is 21.9 Å². The van der Waals surface area contributed by atoms with E-state index in [0.717, 1.165) is 10.2 Å². The normalized spacial score (nSPS) is 12.6. The highest BCUT2D eigenvalue weighted by molar-refractivity contribution is 6.33. The summed E-state index contributed by atoms with van der Waals surface area (Å²) in [6.07, 6.45) is 0. The maximum Gasteiger partial charge on any atom is 0.0388 e. The van der Waals surface area contributed by atoms with Crippen molar-refractivity contribution in [2.45, 2.75) is 19.8 Å². The van der Waals surface area contributed by atoms with Crippen LogP contribution < -0.4 is 5.19 Å². The minimum Gasteiger partial charge on any atom is -0.0670 e. The number of hydrogen-bond acceptors (Lipinski definition) is 0. The van der Waals surface area contributed by atoms with Crippen LogP contribution in [-0.4, -0.2) is 10.2 Å². The van der Waals surface area contributed by atoms with Gasteiger partial charge in [0, 0.05) is 16.2 Å². The third-order valence-corrected chi connectivity index (χ3v) is 4.14. The van der Waals surface area contributed by atoms with Gasteiger partial charge in [-0.25, -0.2) is 0 Å². The van der Waals surface area contributed by atoms with Crippen LogP contribution in [-0.2, 0) is 0 Å². The average Bonchev–Trinajstić information content (AvgIpc) is 2.30. The molecule has 0 aliphatic carbocycles. The quantitative estimate of drug-likeness (QED) is 0.688. The van der Waals surface area contributed by atoms with Gasteiger partial charge in [0.2, 0.25) is 0 Å². The number of aryl methyl sites for hydroxylation is 1. The smallest absolute Gasteiger partial charge is 0.0388 e. The van der Waals surface area contributed by atoms with E-state index < -0.39 is 0 Å². The van der Waals surface area contributed by atoms with E-state index in [1.54, 1.807) is 0 Å². The standard InChI is InChI=1S/C15H18Si/c1-11-7-9-13(10-8-11)12(2)14-5-3-4-6-15(14)16/h3-10,12H,1-2,16H3. The van der Waals surface area contributed by atoms with Crippen LogP contribution in [0.4, 0.5) is 0 Å². The molecule has 0 fully saturated rings. The van der Waals surface area contributed by atoms with Crippen LogP contribution in [0.25, 0.3) is 0 Å². The molecule has 1 heteroatoms. The van der Waals surface area contributed by atoms with Crippen LogP contribution >= 0.6 is 0 Å². The van der Waals surface area contributed by atoms with Gasteiger partial charge in [-0.3, -0.25) is 0 Å². The Hall–Kier alpha value is -1.34. The van der Waals surface area contributed by atoms with Gasteiger partial charge in [0.25, 0.3) is 0 Å². The molecule has 16 heavy (non-hydrogen) atoms. The number of benzene rings is 2. The maximum atomic E-state index is 2.29. The van der Waals surface area contributed by atoms with Crippen LogP contribution in [0.15, 0.2) is 48.5 Å². The van der Waals surface area contributed by atoms with E-state index in [4.69, 9.17) is 0 Å². The second kappa shape index (κ2) is 4.66. The molecule has 1 unspecified atom stereocenters. The Morgan fingerprint density at radius 2 is 1.56 bits per heavy atom. The van der Waals surface area contributed by atoms with Crippen LogP contribution in [0.2, 0.25) is 0 Å². The molecule has 0 amide bonds. The predicted molar refractivity (Wildman–Crippen MR) is 74.7 cm³/mol. The minimum atomic E-state index is 0.509. The highest BCUT2D eigenvalue weighted by Gasteiger charge is 2.09. The molecule has 82 valence electrons. The molecule has 0 nitrogen and oxygen atoms in total. The first kappa shape index (κ1) is 11.2. The molecule has 2 rings (SSSR count). The predicted octanol–water partition coefficient (Wildman–Crippen LogP) is 2.14. The summed E-state index contributed by atoms with van der Waals surface area (Å²) in [4.78, 5) is 0. The topological polar surface area (TPSA) is 0 Å². The lowest BCUT2D eigenvalue weighted by Crippen LogP contribution is -2.12. The fourth-order valence-corrected chi connectivity index (χ4v) is 2.90. The van der Waals surface area contributed by atoms with Gasteiger partial charge in [0.15, 0.2) is 0 Å². The van der Waals surface area contributed by atoms with Crippen molar-refractivity contribution in [2.24, 2.45) is 0 Å². The van der Waals surface area contributed by atoms with Crippen molar-refractivity contribution in [3.63, 3.8) is 0 Å².